The first-order valence-corrected chi connectivity index (χ1v) is 8.27. The van der Waals surface area contributed by atoms with E-state index in [4.69, 9.17) is 16.3 Å². The van der Waals surface area contributed by atoms with Crippen LogP contribution in [0.15, 0.2) is 29.2 Å². The molecular weight excluding hydrogens is 300 g/mol. The Morgan fingerprint density at radius 1 is 1.27 bits per heavy atom. The van der Waals surface area contributed by atoms with E-state index in [0.717, 1.165) is 11.8 Å². The summed E-state index contributed by atoms with van der Waals surface area (Å²) in [5, 5.41) is 5.67. The molecule has 2 N–H and O–H groups in total. The maximum Gasteiger partial charge on any atom is 0.255 e. The molecule has 3 aliphatic rings. The smallest absolute Gasteiger partial charge is 0.255 e. The van der Waals surface area contributed by atoms with Crippen molar-refractivity contribution in [2.24, 2.45) is 5.41 Å². The number of fused-ring (bicyclic) bond motifs is 4. The van der Waals surface area contributed by atoms with Crippen LogP contribution in [0.2, 0.25) is 5.02 Å². The highest BCUT2D eigenvalue weighted by Crippen LogP contribution is 2.61. The van der Waals surface area contributed by atoms with Crippen molar-refractivity contribution in [1.29, 1.82) is 0 Å². The van der Waals surface area contributed by atoms with Crippen LogP contribution in [-0.2, 0) is 0 Å². The molecule has 4 atom stereocenters. The highest BCUT2D eigenvalue weighted by atomic mass is 35.5. The van der Waals surface area contributed by atoms with Crippen molar-refractivity contribution in [3.05, 3.63) is 39.8 Å². The van der Waals surface area contributed by atoms with Gasteiger partial charge in [0.1, 0.15) is 11.9 Å². The van der Waals surface area contributed by atoms with Crippen LogP contribution in [0, 0.1) is 5.41 Å². The molecule has 5 heteroatoms. The van der Waals surface area contributed by atoms with Crippen LogP contribution < -0.4 is 15.6 Å². The van der Waals surface area contributed by atoms with Crippen LogP contribution in [0.25, 0.3) is 10.8 Å². The van der Waals surface area contributed by atoms with E-state index in [1.54, 1.807) is 12.3 Å². The highest BCUT2D eigenvalue weighted by Gasteiger charge is 2.66. The zero-order valence-electron chi connectivity index (χ0n) is 12.1. The van der Waals surface area contributed by atoms with E-state index in [2.05, 4.69) is 10.3 Å². The zero-order valence-corrected chi connectivity index (χ0v) is 12.8. The summed E-state index contributed by atoms with van der Waals surface area (Å²) >= 11 is 6.33. The number of hydrogen-bond donors (Lipinski definition) is 2. The van der Waals surface area contributed by atoms with E-state index in [1.807, 2.05) is 12.1 Å². The molecule has 0 radical (unpaired) electrons. The number of H-pyrrole nitrogens is 1. The van der Waals surface area contributed by atoms with Gasteiger partial charge in [-0.15, -0.1) is 0 Å². The Morgan fingerprint density at radius 3 is 2.95 bits per heavy atom. The SMILES string of the molecule is O=c1[nH]ccc2cc(OC3CC34C[C@@H]3CC[C@H]4N3)c(Cl)cc12. The van der Waals surface area contributed by atoms with Gasteiger partial charge in [-0.1, -0.05) is 11.6 Å². The van der Waals surface area contributed by atoms with Crippen molar-refractivity contribution >= 4 is 22.4 Å². The van der Waals surface area contributed by atoms with Gasteiger partial charge in [0.2, 0.25) is 0 Å². The lowest BCUT2D eigenvalue weighted by atomic mass is 9.86. The summed E-state index contributed by atoms with van der Waals surface area (Å²) in [4.78, 5) is 14.5. The summed E-state index contributed by atoms with van der Waals surface area (Å²) in [6.45, 7) is 0. The molecule has 1 saturated carbocycles. The molecule has 114 valence electrons. The van der Waals surface area contributed by atoms with Gasteiger partial charge in [-0.2, -0.15) is 0 Å². The summed E-state index contributed by atoms with van der Waals surface area (Å²) in [6.07, 6.45) is 6.83. The molecule has 1 aliphatic carbocycles. The van der Waals surface area contributed by atoms with Gasteiger partial charge in [-0.25, -0.2) is 0 Å². The summed E-state index contributed by atoms with van der Waals surface area (Å²) in [6, 6.07) is 6.77. The second-order valence-corrected chi connectivity index (χ2v) is 7.33. The van der Waals surface area contributed by atoms with Crippen molar-refractivity contribution in [3.63, 3.8) is 0 Å². The van der Waals surface area contributed by atoms with Gasteiger partial charge in [0.05, 0.1) is 5.02 Å². The molecule has 1 aromatic carbocycles. The molecule has 3 heterocycles. The predicted molar refractivity (Wildman–Crippen MR) is 85.6 cm³/mol. The van der Waals surface area contributed by atoms with Crippen LogP contribution in [0.5, 0.6) is 5.75 Å². The molecule has 5 rings (SSSR count). The molecular formula is C17H17ClN2O2. The minimum Gasteiger partial charge on any atom is -0.488 e. The number of nitrogens with one attached hydrogen (secondary N) is 2. The molecule has 4 nitrogen and oxygen atoms in total. The molecule has 1 spiro atoms. The molecule has 3 fully saturated rings. The fraction of sp³-hybridized carbons (Fsp3) is 0.471. The van der Waals surface area contributed by atoms with Crippen LogP contribution >= 0.6 is 11.6 Å². The van der Waals surface area contributed by atoms with Crippen molar-refractivity contribution < 1.29 is 4.74 Å². The maximum atomic E-state index is 11.8. The average molecular weight is 317 g/mol. The molecule has 2 aromatic rings. The van der Waals surface area contributed by atoms with E-state index < -0.39 is 0 Å². The van der Waals surface area contributed by atoms with Crippen molar-refractivity contribution in [3.8, 4) is 5.75 Å². The van der Waals surface area contributed by atoms with Crippen molar-refractivity contribution in [1.82, 2.24) is 10.3 Å². The number of rotatable bonds is 2. The predicted octanol–water partition coefficient (Wildman–Crippen LogP) is 2.84. The largest absolute Gasteiger partial charge is 0.488 e. The van der Waals surface area contributed by atoms with Crippen LogP contribution in [-0.4, -0.2) is 23.2 Å². The monoisotopic (exact) mass is 316 g/mol. The lowest BCUT2D eigenvalue weighted by molar-refractivity contribution is 0.219. The van der Waals surface area contributed by atoms with Gasteiger partial charge >= 0.3 is 0 Å². The molecule has 2 bridgehead atoms. The van der Waals surface area contributed by atoms with Gasteiger partial charge in [-0.3, -0.25) is 4.79 Å². The van der Waals surface area contributed by atoms with E-state index in [0.29, 0.717) is 33.7 Å². The fourth-order valence-corrected chi connectivity index (χ4v) is 4.70. The first-order valence-electron chi connectivity index (χ1n) is 7.89. The van der Waals surface area contributed by atoms with Crippen LogP contribution in [0.4, 0.5) is 0 Å². The van der Waals surface area contributed by atoms with E-state index in [9.17, 15) is 4.79 Å². The number of halogens is 1. The van der Waals surface area contributed by atoms with E-state index in [-0.39, 0.29) is 11.7 Å². The van der Waals surface area contributed by atoms with Crippen LogP contribution in [0.3, 0.4) is 0 Å². The minimum atomic E-state index is -0.119. The third kappa shape index (κ3) is 1.71. The Balaban J connectivity index is 1.46. The number of benzene rings is 1. The Hall–Kier alpha value is -1.52. The molecule has 2 saturated heterocycles. The van der Waals surface area contributed by atoms with Gasteiger partial charge in [0.25, 0.3) is 5.56 Å². The van der Waals surface area contributed by atoms with Crippen molar-refractivity contribution in [2.75, 3.05) is 0 Å². The normalized spacial score (nSPS) is 35.4. The number of aromatic nitrogens is 1. The first kappa shape index (κ1) is 13.0. The van der Waals surface area contributed by atoms with Gasteiger partial charge in [0.15, 0.2) is 0 Å². The van der Waals surface area contributed by atoms with Gasteiger partial charge in [0, 0.05) is 29.1 Å². The van der Waals surface area contributed by atoms with Crippen molar-refractivity contribution in [2.45, 2.75) is 43.9 Å². The highest BCUT2D eigenvalue weighted by molar-refractivity contribution is 6.32. The quantitative estimate of drug-likeness (QED) is 0.896. The summed E-state index contributed by atoms with van der Waals surface area (Å²) in [5.74, 6) is 0.699. The lowest BCUT2D eigenvalue weighted by Crippen LogP contribution is -2.27. The fourth-order valence-electron chi connectivity index (χ4n) is 4.49. The second-order valence-electron chi connectivity index (χ2n) is 6.92. The van der Waals surface area contributed by atoms with E-state index >= 15 is 0 Å². The Labute approximate surface area is 132 Å². The second kappa shape index (κ2) is 4.27. The van der Waals surface area contributed by atoms with E-state index in [1.165, 1.54) is 19.3 Å². The summed E-state index contributed by atoms with van der Waals surface area (Å²) in [7, 11) is 0. The number of aromatic amines is 1. The van der Waals surface area contributed by atoms with Crippen LogP contribution in [0.1, 0.15) is 25.7 Å². The molecule has 0 amide bonds. The average Bonchev–Trinajstić information content (AvgIpc) is 2.86. The Bertz CT molecular complexity index is 833. The summed E-state index contributed by atoms with van der Waals surface area (Å²) in [5.41, 5.74) is 0.209. The van der Waals surface area contributed by atoms with Gasteiger partial charge < -0.3 is 15.0 Å². The molecule has 22 heavy (non-hydrogen) atoms. The number of pyridine rings is 1. The lowest BCUT2D eigenvalue weighted by Gasteiger charge is -2.21. The topological polar surface area (TPSA) is 54.1 Å². The molecule has 2 aliphatic heterocycles. The van der Waals surface area contributed by atoms with Gasteiger partial charge in [-0.05, 0) is 49.3 Å². The molecule has 2 unspecified atom stereocenters. The third-order valence-corrected chi connectivity index (χ3v) is 6.00. The Kier molecular flexibility index (Phi) is 2.52. The zero-order chi connectivity index (χ0) is 14.9. The summed E-state index contributed by atoms with van der Waals surface area (Å²) < 4.78 is 6.21. The first-order chi connectivity index (χ1) is 10.7. The minimum absolute atomic E-state index is 0.119. The Morgan fingerprint density at radius 2 is 2.18 bits per heavy atom. The number of ether oxygens (including phenoxy) is 1. The third-order valence-electron chi connectivity index (χ3n) is 5.70. The molecule has 1 aromatic heterocycles. The number of hydrogen-bond acceptors (Lipinski definition) is 3. The standard InChI is InChI=1S/C17H17ClN2O2/c18-12-6-11-9(3-4-19-16(11)21)5-13(12)22-15-8-17(15)7-10-1-2-14(17)20-10/h3-6,10,14-15,20H,1-2,7-8H2,(H,19,21)/t10-,14+,15?,17?/m0/s1. The maximum absolute atomic E-state index is 11.8.